The molecule has 0 bridgehead atoms. The summed E-state index contributed by atoms with van der Waals surface area (Å²) in [5.74, 6) is -1.14. The first kappa shape index (κ1) is 53.7. The van der Waals surface area contributed by atoms with Crippen LogP contribution < -0.4 is 21.3 Å². The predicted octanol–water partition coefficient (Wildman–Crippen LogP) is 7.06. The minimum atomic E-state index is -0.623. The van der Waals surface area contributed by atoms with Crippen LogP contribution in [-0.2, 0) is 38.2 Å². The van der Waals surface area contributed by atoms with Crippen molar-refractivity contribution in [3.8, 4) is 0 Å². The minimum absolute atomic E-state index is 0.0436. The Kier molecular flexibility index (Phi) is 29.5. The molecule has 13 nitrogen and oxygen atoms in total. The Bertz CT molecular complexity index is 1240. The zero-order valence-corrected chi connectivity index (χ0v) is 38.0. The van der Waals surface area contributed by atoms with Gasteiger partial charge >= 0.3 is 0 Å². The monoisotopic (exact) mass is 834 g/mol. The van der Waals surface area contributed by atoms with Crippen molar-refractivity contribution in [1.29, 1.82) is 0 Å². The number of unbranched alkanes of at least 4 members (excludes halogenated alkanes) is 14. The van der Waals surface area contributed by atoms with E-state index in [4.69, 9.17) is 9.47 Å². The van der Waals surface area contributed by atoms with Gasteiger partial charge in [0.05, 0.1) is 6.10 Å². The molecule has 1 aliphatic rings. The van der Waals surface area contributed by atoms with Gasteiger partial charge in [-0.15, -0.1) is 0 Å². The van der Waals surface area contributed by atoms with E-state index in [0.29, 0.717) is 78.1 Å². The summed E-state index contributed by atoms with van der Waals surface area (Å²) < 4.78 is 11.6. The highest BCUT2D eigenvalue weighted by Crippen LogP contribution is 2.22. The van der Waals surface area contributed by atoms with E-state index in [9.17, 15) is 28.8 Å². The number of hydrogen-bond donors (Lipinski definition) is 4. The van der Waals surface area contributed by atoms with Crippen LogP contribution in [0.4, 0.5) is 0 Å². The molecule has 0 radical (unpaired) electrons. The van der Waals surface area contributed by atoms with Crippen LogP contribution in [0.2, 0.25) is 0 Å². The minimum Gasteiger partial charge on any atom is -0.381 e. The summed E-state index contributed by atoms with van der Waals surface area (Å²) in [5.41, 5.74) is -1.24. The average Bonchev–Trinajstić information content (AvgIpc) is 3.52. The normalized spacial score (nSPS) is 13.5. The standard InChI is InChI=1S/C46H83N5O8/c1-7-8-9-10-11-12-13-14-15-16-17-18-19-20-21-23-39(52)48-32-33-50-44(57)46(5,6)29-37-59-38(2)26-31-49-43(56)45(3,4)28-36-58-35-22-30-47-40(53)27-34-51-41(54)24-25-42(51)55/h24-25,38H,7-23,26-37H2,1-6H3,(H,47,53)(H,48,52)(H,49,56)(H,50,57). The molecule has 0 saturated carbocycles. The Labute approximate surface area is 357 Å². The van der Waals surface area contributed by atoms with Crippen molar-refractivity contribution in [3.63, 3.8) is 0 Å². The van der Waals surface area contributed by atoms with Gasteiger partial charge in [0.2, 0.25) is 23.6 Å². The molecule has 0 aromatic rings. The lowest BCUT2D eigenvalue weighted by Crippen LogP contribution is -2.41. The smallest absolute Gasteiger partial charge is 0.253 e. The van der Waals surface area contributed by atoms with Gasteiger partial charge in [-0.05, 0) is 39.0 Å². The number of carbonyl (C=O) groups is 6. The molecule has 340 valence electrons. The molecule has 0 saturated heterocycles. The van der Waals surface area contributed by atoms with E-state index in [2.05, 4.69) is 28.2 Å². The first-order valence-corrected chi connectivity index (χ1v) is 23.0. The molecule has 0 aromatic carbocycles. The summed E-state index contributed by atoms with van der Waals surface area (Å²) in [7, 11) is 0. The van der Waals surface area contributed by atoms with Crippen molar-refractivity contribution in [2.75, 3.05) is 52.5 Å². The Morgan fingerprint density at radius 1 is 0.576 bits per heavy atom. The molecular weight excluding hydrogens is 751 g/mol. The van der Waals surface area contributed by atoms with E-state index in [1.54, 1.807) is 0 Å². The van der Waals surface area contributed by atoms with Crippen LogP contribution >= 0.6 is 0 Å². The highest BCUT2D eigenvalue weighted by Gasteiger charge is 2.29. The molecular formula is C46H83N5O8. The van der Waals surface area contributed by atoms with Crippen LogP contribution in [-0.4, -0.2) is 99.0 Å². The Morgan fingerprint density at radius 2 is 1.03 bits per heavy atom. The van der Waals surface area contributed by atoms with Gasteiger partial charge in [-0.2, -0.15) is 0 Å². The third-order valence-corrected chi connectivity index (χ3v) is 11.1. The van der Waals surface area contributed by atoms with Crippen molar-refractivity contribution < 1.29 is 38.2 Å². The molecule has 1 aliphatic heterocycles. The molecule has 59 heavy (non-hydrogen) atoms. The number of amides is 6. The van der Waals surface area contributed by atoms with Crippen molar-refractivity contribution >= 4 is 35.4 Å². The van der Waals surface area contributed by atoms with Gasteiger partial charge in [0, 0.05) is 88.4 Å². The van der Waals surface area contributed by atoms with Gasteiger partial charge in [-0.3, -0.25) is 33.7 Å². The van der Waals surface area contributed by atoms with Gasteiger partial charge in [-0.25, -0.2) is 0 Å². The predicted molar refractivity (Wildman–Crippen MR) is 234 cm³/mol. The van der Waals surface area contributed by atoms with E-state index < -0.39 is 22.6 Å². The highest BCUT2D eigenvalue weighted by molar-refractivity contribution is 6.13. The highest BCUT2D eigenvalue weighted by atomic mass is 16.5. The van der Waals surface area contributed by atoms with E-state index >= 15 is 0 Å². The van der Waals surface area contributed by atoms with Crippen molar-refractivity contribution in [2.24, 2.45) is 10.8 Å². The van der Waals surface area contributed by atoms with Crippen LogP contribution in [0.1, 0.15) is 176 Å². The summed E-state index contributed by atoms with van der Waals surface area (Å²) in [6.45, 7) is 14.7. The SMILES string of the molecule is CCCCCCCCCCCCCCCCCC(=O)NCCNC(=O)C(C)(C)CCOC(C)CCNC(=O)C(C)(C)CCOCCCNC(=O)CCN1C(=O)C=CC1=O. The second-order valence-corrected chi connectivity index (χ2v) is 17.5. The van der Waals surface area contributed by atoms with Crippen LogP contribution in [0.25, 0.3) is 0 Å². The molecule has 0 aliphatic carbocycles. The molecule has 13 heteroatoms. The van der Waals surface area contributed by atoms with E-state index in [1.165, 1.54) is 95.6 Å². The first-order valence-electron chi connectivity index (χ1n) is 23.0. The van der Waals surface area contributed by atoms with Crippen LogP contribution in [0.3, 0.4) is 0 Å². The lowest BCUT2D eigenvalue weighted by Gasteiger charge is -2.25. The summed E-state index contributed by atoms with van der Waals surface area (Å²) in [4.78, 5) is 74.0. The van der Waals surface area contributed by atoms with Crippen molar-refractivity contribution in [2.45, 2.75) is 182 Å². The molecule has 6 amide bonds. The number of imide groups is 1. The van der Waals surface area contributed by atoms with Gasteiger partial charge in [0.15, 0.2) is 0 Å². The van der Waals surface area contributed by atoms with E-state index in [0.717, 1.165) is 17.7 Å². The third kappa shape index (κ3) is 27.2. The summed E-state index contributed by atoms with van der Waals surface area (Å²) in [6.07, 6.45) is 24.7. The van der Waals surface area contributed by atoms with Crippen LogP contribution in [0.5, 0.6) is 0 Å². The maximum absolute atomic E-state index is 12.8. The van der Waals surface area contributed by atoms with E-state index in [1.807, 2.05) is 34.6 Å². The average molecular weight is 834 g/mol. The fourth-order valence-corrected chi connectivity index (χ4v) is 6.60. The largest absolute Gasteiger partial charge is 0.381 e. The van der Waals surface area contributed by atoms with E-state index in [-0.39, 0.29) is 42.7 Å². The molecule has 0 fully saturated rings. The maximum Gasteiger partial charge on any atom is 0.253 e. The van der Waals surface area contributed by atoms with Gasteiger partial charge in [0.1, 0.15) is 0 Å². The number of rotatable bonds is 38. The number of hydrogen-bond acceptors (Lipinski definition) is 8. The molecule has 1 heterocycles. The number of nitrogens with zero attached hydrogens (tertiary/aromatic N) is 1. The lowest BCUT2D eigenvalue weighted by molar-refractivity contribution is -0.137. The number of ether oxygens (including phenoxy) is 2. The number of nitrogens with one attached hydrogen (secondary N) is 4. The fourth-order valence-electron chi connectivity index (χ4n) is 6.60. The summed E-state index contributed by atoms with van der Waals surface area (Å²) >= 11 is 0. The van der Waals surface area contributed by atoms with Gasteiger partial charge < -0.3 is 30.7 Å². The molecule has 1 rings (SSSR count). The Hall–Kier alpha value is -3.32. The molecule has 0 spiro atoms. The summed E-state index contributed by atoms with van der Waals surface area (Å²) in [6, 6.07) is 0. The summed E-state index contributed by atoms with van der Waals surface area (Å²) in [5, 5.41) is 11.6. The Morgan fingerprint density at radius 3 is 1.59 bits per heavy atom. The molecule has 1 atom stereocenters. The molecule has 4 N–H and O–H groups in total. The van der Waals surface area contributed by atoms with Crippen molar-refractivity contribution in [1.82, 2.24) is 26.2 Å². The zero-order valence-electron chi connectivity index (χ0n) is 38.0. The maximum atomic E-state index is 12.8. The molecule has 1 unspecified atom stereocenters. The second-order valence-electron chi connectivity index (χ2n) is 17.5. The van der Waals surface area contributed by atoms with Gasteiger partial charge in [-0.1, -0.05) is 125 Å². The zero-order chi connectivity index (χ0) is 43.8. The first-order chi connectivity index (χ1) is 28.2. The van der Waals surface area contributed by atoms with Crippen molar-refractivity contribution in [3.05, 3.63) is 12.2 Å². The lowest BCUT2D eigenvalue weighted by atomic mass is 9.88. The van der Waals surface area contributed by atoms with Crippen LogP contribution in [0, 0.1) is 10.8 Å². The topological polar surface area (TPSA) is 172 Å². The third-order valence-electron chi connectivity index (χ3n) is 11.1. The second kappa shape index (κ2) is 32.5. The quantitative estimate of drug-likeness (QED) is 0.0378. The number of carbonyl (C=O) groups excluding carboxylic acids is 6. The van der Waals surface area contributed by atoms with Gasteiger partial charge in [0.25, 0.3) is 11.8 Å². The fraction of sp³-hybridized carbons (Fsp3) is 0.826. The van der Waals surface area contributed by atoms with Crippen LogP contribution in [0.15, 0.2) is 12.2 Å². The molecule has 0 aromatic heterocycles. The Balaban J connectivity index is 2.02.